The van der Waals surface area contributed by atoms with Crippen molar-refractivity contribution in [2.75, 3.05) is 7.11 Å². The fraction of sp³-hybridized carbons (Fsp3) is 0.750. The summed E-state index contributed by atoms with van der Waals surface area (Å²) in [5, 5.41) is 25.0. The van der Waals surface area contributed by atoms with E-state index in [0.29, 0.717) is 30.8 Å². The van der Waals surface area contributed by atoms with Gasteiger partial charge in [-0.05, 0) is 19.8 Å². The van der Waals surface area contributed by atoms with Gasteiger partial charge >= 0.3 is 0 Å². The lowest BCUT2D eigenvalue weighted by Gasteiger charge is -2.29. The number of aromatic nitrogens is 2. The second kappa shape index (κ2) is 4.66. The number of aliphatic hydroxyl groups is 2. The predicted octanol–water partition coefficient (Wildman–Crippen LogP) is 1.25. The summed E-state index contributed by atoms with van der Waals surface area (Å²) in [5.41, 5.74) is -0.445. The summed E-state index contributed by atoms with van der Waals surface area (Å²) >= 11 is 0. The Bertz CT molecular complexity index is 362. The number of methoxy groups -OCH3 is 1. The standard InChI is InChI=1S/C12H20N2O3/c1-3-14-10(9(17-2)8-13-14)11(15)12(16)6-4-5-7-12/h8,11,15-16H,3-7H2,1-2H3. The molecule has 1 fully saturated rings. The van der Waals surface area contributed by atoms with Crippen LogP contribution in [-0.4, -0.2) is 32.7 Å². The van der Waals surface area contributed by atoms with Crippen molar-refractivity contribution >= 4 is 0 Å². The number of hydrogen-bond acceptors (Lipinski definition) is 4. The van der Waals surface area contributed by atoms with Crippen LogP contribution in [0, 0.1) is 0 Å². The maximum absolute atomic E-state index is 10.4. The van der Waals surface area contributed by atoms with Gasteiger partial charge in [-0.3, -0.25) is 4.68 Å². The fourth-order valence-electron chi connectivity index (χ4n) is 2.58. The van der Waals surface area contributed by atoms with Crippen molar-refractivity contribution < 1.29 is 14.9 Å². The average Bonchev–Trinajstić information content (AvgIpc) is 2.94. The van der Waals surface area contributed by atoms with Gasteiger partial charge in [-0.1, -0.05) is 12.8 Å². The van der Waals surface area contributed by atoms with Gasteiger partial charge in [0, 0.05) is 6.54 Å². The van der Waals surface area contributed by atoms with Gasteiger partial charge in [0.1, 0.15) is 11.8 Å². The number of aliphatic hydroxyl groups excluding tert-OH is 1. The van der Waals surface area contributed by atoms with E-state index >= 15 is 0 Å². The second-order valence-electron chi connectivity index (χ2n) is 4.63. The Labute approximate surface area is 101 Å². The lowest BCUT2D eigenvalue weighted by molar-refractivity contribution is -0.0763. The van der Waals surface area contributed by atoms with Crippen LogP contribution in [0.15, 0.2) is 6.20 Å². The molecule has 1 aliphatic rings. The molecule has 2 rings (SSSR count). The van der Waals surface area contributed by atoms with E-state index in [1.165, 1.54) is 0 Å². The zero-order chi connectivity index (χ0) is 12.5. The fourth-order valence-corrected chi connectivity index (χ4v) is 2.58. The molecule has 1 unspecified atom stereocenters. The molecular weight excluding hydrogens is 220 g/mol. The van der Waals surface area contributed by atoms with Crippen molar-refractivity contribution in [3.63, 3.8) is 0 Å². The highest BCUT2D eigenvalue weighted by molar-refractivity contribution is 5.29. The minimum absolute atomic E-state index is 0.541. The first-order valence-corrected chi connectivity index (χ1v) is 6.12. The van der Waals surface area contributed by atoms with Crippen LogP contribution >= 0.6 is 0 Å². The summed E-state index contributed by atoms with van der Waals surface area (Å²) in [5.74, 6) is 0.541. The number of rotatable bonds is 4. The molecule has 0 saturated heterocycles. The second-order valence-corrected chi connectivity index (χ2v) is 4.63. The molecule has 1 saturated carbocycles. The van der Waals surface area contributed by atoms with E-state index in [1.807, 2.05) is 6.92 Å². The molecule has 0 amide bonds. The molecule has 1 atom stereocenters. The first kappa shape index (κ1) is 12.4. The van der Waals surface area contributed by atoms with Gasteiger partial charge in [0.25, 0.3) is 0 Å². The van der Waals surface area contributed by atoms with Gasteiger partial charge < -0.3 is 14.9 Å². The van der Waals surface area contributed by atoms with Crippen LogP contribution in [0.3, 0.4) is 0 Å². The quantitative estimate of drug-likeness (QED) is 0.831. The van der Waals surface area contributed by atoms with Gasteiger partial charge in [-0.25, -0.2) is 0 Å². The van der Waals surface area contributed by atoms with E-state index in [-0.39, 0.29) is 0 Å². The Balaban J connectivity index is 2.34. The Kier molecular flexibility index (Phi) is 3.40. The third-order valence-corrected chi connectivity index (χ3v) is 3.60. The maximum Gasteiger partial charge on any atom is 0.162 e. The summed E-state index contributed by atoms with van der Waals surface area (Å²) in [4.78, 5) is 0. The first-order chi connectivity index (χ1) is 8.12. The van der Waals surface area contributed by atoms with E-state index in [4.69, 9.17) is 4.74 Å². The molecule has 1 aliphatic carbocycles. The molecule has 17 heavy (non-hydrogen) atoms. The van der Waals surface area contributed by atoms with Crippen molar-refractivity contribution in [2.24, 2.45) is 0 Å². The van der Waals surface area contributed by atoms with E-state index in [1.54, 1.807) is 18.0 Å². The highest BCUT2D eigenvalue weighted by Crippen LogP contribution is 2.42. The molecule has 0 aliphatic heterocycles. The Morgan fingerprint density at radius 1 is 1.53 bits per heavy atom. The number of aryl methyl sites for hydroxylation is 1. The first-order valence-electron chi connectivity index (χ1n) is 6.12. The maximum atomic E-state index is 10.4. The minimum Gasteiger partial charge on any atom is -0.493 e. The average molecular weight is 240 g/mol. The Morgan fingerprint density at radius 3 is 2.71 bits per heavy atom. The van der Waals surface area contributed by atoms with Crippen LogP contribution in [0.25, 0.3) is 0 Å². The van der Waals surface area contributed by atoms with Gasteiger partial charge in [0.05, 0.1) is 18.9 Å². The monoisotopic (exact) mass is 240 g/mol. The van der Waals surface area contributed by atoms with Crippen LogP contribution in [0.4, 0.5) is 0 Å². The summed E-state index contributed by atoms with van der Waals surface area (Å²) < 4.78 is 6.88. The molecule has 5 heteroatoms. The van der Waals surface area contributed by atoms with Crippen LogP contribution in [0.2, 0.25) is 0 Å². The van der Waals surface area contributed by atoms with Crippen LogP contribution < -0.4 is 4.74 Å². The molecule has 0 aromatic carbocycles. The van der Waals surface area contributed by atoms with Crippen LogP contribution in [0.5, 0.6) is 5.75 Å². The zero-order valence-electron chi connectivity index (χ0n) is 10.4. The normalized spacial score (nSPS) is 20.5. The van der Waals surface area contributed by atoms with E-state index in [0.717, 1.165) is 12.8 Å². The van der Waals surface area contributed by atoms with Crippen molar-refractivity contribution in [3.8, 4) is 5.75 Å². The molecule has 0 bridgehead atoms. The van der Waals surface area contributed by atoms with Gasteiger partial charge in [-0.2, -0.15) is 5.10 Å². The van der Waals surface area contributed by atoms with Crippen molar-refractivity contribution in [1.29, 1.82) is 0 Å². The summed E-state index contributed by atoms with van der Waals surface area (Å²) in [7, 11) is 1.55. The molecule has 2 N–H and O–H groups in total. The topological polar surface area (TPSA) is 67.5 Å². The summed E-state index contributed by atoms with van der Waals surface area (Å²) in [6.45, 7) is 2.59. The molecule has 5 nitrogen and oxygen atoms in total. The van der Waals surface area contributed by atoms with Crippen molar-refractivity contribution in [2.45, 2.75) is 50.9 Å². The largest absolute Gasteiger partial charge is 0.493 e. The molecule has 1 aromatic rings. The van der Waals surface area contributed by atoms with Crippen molar-refractivity contribution in [1.82, 2.24) is 9.78 Å². The molecule has 1 heterocycles. The van der Waals surface area contributed by atoms with E-state index < -0.39 is 11.7 Å². The predicted molar refractivity (Wildman–Crippen MR) is 62.8 cm³/mol. The van der Waals surface area contributed by atoms with E-state index in [9.17, 15) is 10.2 Å². The van der Waals surface area contributed by atoms with Crippen LogP contribution in [-0.2, 0) is 6.54 Å². The van der Waals surface area contributed by atoms with Crippen LogP contribution in [0.1, 0.15) is 44.4 Å². The smallest absolute Gasteiger partial charge is 0.162 e. The summed E-state index contributed by atoms with van der Waals surface area (Å²) in [6, 6.07) is 0. The SMILES string of the molecule is CCn1ncc(OC)c1C(O)C1(O)CCCC1. The highest BCUT2D eigenvalue weighted by atomic mass is 16.5. The number of ether oxygens (including phenoxy) is 1. The highest BCUT2D eigenvalue weighted by Gasteiger charge is 2.42. The lowest BCUT2D eigenvalue weighted by Crippen LogP contribution is -2.34. The minimum atomic E-state index is -1.03. The zero-order valence-corrected chi connectivity index (χ0v) is 10.4. The molecule has 0 spiro atoms. The molecule has 0 radical (unpaired) electrons. The Hall–Kier alpha value is -1.07. The number of hydrogen-bond donors (Lipinski definition) is 2. The molecule has 96 valence electrons. The van der Waals surface area contributed by atoms with Gasteiger partial charge in [0.15, 0.2) is 5.75 Å². The third kappa shape index (κ3) is 2.05. The number of nitrogens with zero attached hydrogens (tertiary/aromatic N) is 2. The lowest BCUT2D eigenvalue weighted by atomic mass is 9.92. The van der Waals surface area contributed by atoms with Crippen molar-refractivity contribution in [3.05, 3.63) is 11.9 Å². The van der Waals surface area contributed by atoms with E-state index in [2.05, 4.69) is 5.10 Å². The molecular formula is C12H20N2O3. The molecule has 1 aromatic heterocycles. The Morgan fingerprint density at radius 2 is 2.18 bits per heavy atom. The van der Waals surface area contributed by atoms with Gasteiger partial charge in [0.2, 0.25) is 0 Å². The third-order valence-electron chi connectivity index (χ3n) is 3.60. The van der Waals surface area contributed by atoms with Gasteiger partial charge in [-0.15, -0.1) is 0 Å². The summed E-state index contributed by atoms with van der Waals surface area (Å²) in [6.07, 6.45) is 3.83.